The fourth-order valence-electron chi connectivity index (χ4n) is 8.75. The molecule has 0 aliphatic carbocycles. The third-order valence-electron chi connectivity index (χ3n) is 11.2. The number of ether oxygens (including phenoxy) is 1. The Kier molecular flexibility index (Phi) is 6.42. The highest BCUT2D eigenvalue weighted by Gasteiger charge is 2.50. The van der Waals surface area contributed by atoms with Crippen LogP contribution in [0.5, 0.6) is 11.5 Å². The molecule has 0 saturated heterocycles. The minimum atomic E-state index is -0.691. The minimum Gasteiger partial charge on any atom is -0.457 e. The van der Waals surface area contributed by atoms with Crippen LogP contribution in [0.4, 0.5) is 0 Å². The summed E-state index contributed by atoms with van der Waals surface area (Å²) in [6, 6.07) is 55.8. The molecule has 5 nitrogen and oxygen atoms in total. The van der Waals surface area contributed by atoms with Crippen molar-refractivity contribution in [3.05, 3.63) is 192 Å². The average Bonchev–Trinajstić information content (AvgIpc) is 3.25. The van der Waals surface area contributed by atoms with Gasteiger partial charge in [-0.05, 0) is 77.9 Å². The highest BCUT2D eigenvalue weighted by atomic mass is 32.2. The van der Waals surface area contributed by atoms with Crippen LogP contribution in [-0.4, -0.2) is 19.9 Å². The Labute approximate surface area is 320 Å². The lowest BCUT2D eigenvalue weighted by Gasteiger charge is -2.45. The topological polar surface area (TPSA) is 60.8 Å². The van der Waals surface area contributed by atoms with Gasteiger partial charge in [-0.15, -0.1) is 0 Å². The molecule has 1 spiro atoms. The van der Waals surface area contributed by atoms with Gasteiger partial charge >= 0.3 is 0 Å². The fourth-order valence-corrected chi connectivity index (χ4v) is 9.92. The molecule has 0 radical (unpaired) electrons. The Bertz CT molecular complexity index is 3030. The molecule has 0 bridgehead atoms. The first kappa shape index (κ1) is 30.6. The zero-order valence-electron chi connectivity index (χ0n) is 29.3. The van der Waals surface area contributed by atoms with Gasteiger partial charge in [0.1, 0.15) is 11.5 Å². The molecule has 55 heavy (non-hydrogen) atoms. The second-order valence-corrected chi connectivity index (χ2v) is 15.3. The zero-order valence-corrected chi connectivity index (χ0v) is 30.1. The van der Waals surface area contributed by atoms with Crippen LogP contribution in [0.1, 0.15) is 22.3 Å². The van der Waals surface area contributed by atoms with E-state index in [1.54, 1.807) is 0 Å². The number of nitrogens with zero attached hydrogens (tertiary/aromatic N) is 4. The highest BCUT2D eigenvalue weighted by molar-refractivity contribution is 7.99. The molecule has 0 amide bonds. The molecule has 12 rings (SSSR count). The normalized spacial score (nSPS) is 15.4. The number of hydrogen-bond acceptors (Lipinski definition) is 6. The van der Waals surface area contributed by atoms with Gasteiger partial charge in [-0.3, -0.25) is 9.97 Å². The van der Waals surface area contributed by atoms with Crippen molar-refractivity contribution < 1.29 is 4.74 Å². The summed E-state index contributed by atoms with van der Waals surface area (Å²) in [4.78, 5) is 22.4. The van der Waals surface area contributed by atoms with Gasteiger partial charge in [0.25, 0.3) is 0 Å². The van der Waals surface area contributed by atoms with Crippen molar-refractivity contribution in [2.24, 2.45) is 0 Å². The van der Waals surface area contributed by atoms with Crippen LogP contribution in [-0.2, 0) is 5.41 Å². The van der Waals surface area contributed by atoms with E-state index in [0.717, 1.165) is 88.8 Å². The SMILES string of the molecule is c1ccc2c(c1)Oc1ccc(-c3ccc4ccc5cccnc5c4n3)cc1C21c2ccccc2Sc2ccc(-c3ccc4ccc5cccnc5c4n3)cc21. The van der Waals surface area contributed by atoms with E-state index in [4.69, 9.17) is 24.7 Å². The van der Waals surface area contributed by atoms with Gasteiger partial charge in [0.05, 0.1) is 38.9 Å². The Morgan fingerprint density at radius 1 is 0.400 bits per heavy atom. The van der Waals surface area contributed by atoms with Crippen molar-refractivity contribution in [1.82, 2.24) is 19.9 Å². The van der Waals surface area contributed by atoms with E-state index in [1.165, 1.54) is 20.9 Å². The maximum atomic E-state index is 6.80. The number of hydrogen-bond donors (Lipinski definition) is 0. The molecule has 0 N–H and O–H groups in total. The molecule has 6 heteroatoms. The van der Waals surface area contributed by atoms with Crippen molar-refractivity contribution in [3.8, 4) is 34.0 Å². The number of benzene rings is 6. The summed E-state index contributed by atoms with van der Waals surface area (Å²) < 4.78 is 6.80. The van der Waals surface area contributed by atoms with Crippen molar-refractivity contribution in [3.63, 3.8) is 0 Å². The molecule has 2 aliphatic heterocycles. The summed E-state index contributed by atoms with van der Waals surface area (Å²) in [5, 5.41) is 4.28. The van der Waals surface area contributed by atoms with Gasteiger partial charge in [0, 0.05) is 66.0 Å². The predicted octanol–water partition coefficient (Wildman–Crippen LogP) is 12.2. The second-order valence-electron chi connectivity index (χ2n) is 14.2. The van der Waals surface area contributed by atoms with Crippen LogP contribution in [0.25, 0.3) is 66.1 Å². The standard InChI is InChI=1S/C49H28N4OS/c1-3-11-41-35(9-1)49(37-27-33(19-23-42(37)54-41)39-21-17-31-15-13-29-7-5-25-50-45(29)47(31)52-39)36-10-2-4-12-43(36)55-44-24-20-34(28-38(44)49)40-22-18-32-16-14-30-8-6-26-51-46(30)48(32)53-40/h1-28H. The Morgan fingerprint density at radius 2 is 0.927 bits per heavy atom. The number of para-hydroxylation sites is 1. The lowest BCUT2D eigenvalue weighted by molar-refractivity contribution is 0.431. The Morgan fingerprint density at radius 3 is 1.62 bits per heavy atom. The van der Waals surface area contributed by atoms with Crippen LogP contribution >= 0.6 is 11.8 Å². The smallest absolute Gasteiger partial charge is 0.132 e. The number of rotatable bonds is 2. The monoisotopic (exact) mass is 720 g/mol. The maximum Gasteiger partial charge on any atom is 0.132 e. The number of aromatic nitrogens is 4. The molecule has 1 atom stereocenters. The summed E-state index contributed by atoms with van der Waals surface area (Å²) in [5.74, 6) is 1.68. The van der Waals surface area contributed by atoms with Gasteiger partial charge in [-0.1, -0.05) is 103 Å². The van der Waals surface area contributed by atoms with Gasteiger partial charge < -0.3 is 4.74 Å². The average molecular weight is 721 g/mol. The summed E-state index contributed by atoms with van der Waals surface area (Å²) in [5.41, 5.74) is 11.4. The summed E-state index contributed by atoms with van der Waals surface area (Å²) in [7, 11) is 0. The van der Waals surface area contributed by atoms with E-state index < -0.39 is 5.41 Å². The minimum absolute atomic E-state index is 0.691. The zero-order chi connectivity index (χ0) is 36.1. The first-order valence-corrected chi connectivity index (χ1v) is 19.2. The quantitative estimate of drug-likeness (QED) is 0.166. The number of fused-ring (bicyclic) bond motifs is 14. The first-order chi connectivity index (χ1) is 27.2. The molecule has 6 heterocycles. The van der Waals surface area contributed by atoms with E-state index in [-0.39, 0.29) is 0 Å². The van der Waals surface area contributed by atoms with Crippen LogP contribution in [0.2, 0.25) is 0 Å². The highest BCUT2D eigenvalue weighted by Crippen LogP contribution is 2.62. The third-order valence-corrected chi connectivity index (χ3v) is 12.4. The van der Waals surface area contributed by atoms with Gasteiger partial charge in [-0.25, -0.2) is 9.97 Å². The summed E-state index contributed by atoms with van der Waals surface area (Å²) in [6.45, 7) is 0. The van der Waals surface area contributed by atoms with Crippen LogP contribution in [0, 0.1) is 0 Å². The lowest BCUT2D eigenvalue weighted by atomic mass is 9.63. The molecule has 0 fully saturated rings. The largest absolute Gasteiger partial charge is 0.457 e. The lowest BCUT2D eigenvalue weighted by Crippen LogP contribution is -2.36. The second kappa shape index (κ2) is 11.6. The molecule has 6 aromatic carbocycles. The molecule has 2 aliphatic rings. The number of pyridine rings is 4. The van der Waals surface area contributed by atoms with Crippen molar-refractivity contribution in [1.29, 1.82) is 0 Å². The van der Waals surface area contributed by atoms with Crippen molar-refractivity contribution in [2.45, 2.75) is 15.2 Å². The fraction of sp³-hybridized carbons (Fsp3) is 0.0204. The van der Waals surface area contributed by atoms with E-state index in [1.807, 2.05) is 36.3 Å². The van der Waals surface area contributed by atoms with Crippen LogP contribution in [0.15, 0.2) is 180 Å². The summed E-state index contributed by atoms with van der Waals surface area (Å²) in [6.07, 6.45) is 3.68. The molecule has 0 saturated carbocycles. The van der Waals surface area contributed by atoms with Crippen molar-refractivity contribution >= 4 is 55.4 Å². The maximum absolute atomic E-state index is 6.80. The first-order valence-electron chi connectivity index (χ1n) is 18.4. The molecular formula is C49H28N4OS. The molecule has 1 unspecified atom stereocenters. The molecular weight excluding hydrogens is 693 g/mol. The van der Waals surface area contributed by atoms with Gasteiger partial charge in [0.15, 0.2) is 0 Å². The third kappa shape index (κ3) is 4.43. The van der Waals surface area contributed by atoms with Gasteiger partial charge in [-0.2, -0.15) is 0 Å². The van der Waals surface area contributed by atoms with Crippen LogP contribution in [0.3, 0.4) is 0 Å². The van der Waals surface area contributed by atoms with E-state index in [2.05, 4.69) is 146 Å². The summed E-state index contributed by atoms with van der Waals surface area (Å²) >= 11 is 1.82. The molecule has 4 aromatic heterocycles. The Balaban J connectivity index is 1.12. The van der Waals surface area contributed by atoms with E-state index >= 15 is 0 Å². The predicted molar refractivity (Wildman–Crippen MR) is 221 cm³/mol. The molecule has 256 valence electrons. The van der Waals surface area contributed by atoms with E-state index in [9.17, 15) is 0 Å². The molecule has 10 aromatic rings. The van der Waals surface area contributed by atoms with E-state index in [0.29, 0.717) is 0 Å². The van der Waals surface area contributed by atoms with Crippen LogP contribution < -0.4 is 4.74 Å². The van der Waals surface area contributed by atoms with Gasteiger partial charge in [0.2, 0.25) is 0 Å². The van der Waals surface area contributed by atoms with Crippen molar-refractivity contribution in [2.75, 3.05) is 0 Å². The Hall–Kier alpha value is -6.89.